The molecule has 73 heavy (non-hydrogen) atoms. The van der Waals surface area contributed by atoms with Crippen molar-refractivity contribution in [2.24, 2.45) is 11.1 Å². The number of likely N-dealkylation sites (tertiary alicyclic amines) is 1. The lowest BCUT2D eigenvalue weighted by atomic mass is 9.85. The molecule has 2 aromatic carbocycles. The Hall–Kier alpha value is -5.61. The fraction of sp³-hybridized carbons (Fsp3) is 0.529. The molecular weight excluding hydrogens is 995 g/mol. The Morgan fingerprint density at radius 3 is 2.42 bits per heavy atom. The fourth-order valence-electron chi connectivity index (χ4n) is 9.17. The van der Waals surface area contributed by atoms with Crippen molar-refractivity contribution >= 4 is 81.6 Å². The molecule has 5 amide bonds. The summed E-state index contributed by atoms with van der Waals surface area (Å²) in [6.45, 7) is 14.3. The quantitative estimate of drug-likeness (QED) is 0.0787. The first-order valence-electron chi connectivity index (χ1n) is 24.8. The first-order chi connectivity index (χ1) is 34.7. The van der Waals surface area contributed by atoms with Crippen molar-refractivity contribution in [3.63, 3.8) is 0 Å². The minimum absolute atomic E-state index is 0.133. The van der Waals surface area contributed by atoms with Crippen LogP contribution in [0.2, 0.25) is 5.02 Å². The summed E-state index contributed by atoms with van der Waals surface area (Å²) < 4.78 is 21.1. The smallest absolute Gasteiger partial charge is 0.258 e. The van der Waals surface area contributed by atoms with Gasteiger partial charge in [-0.05, 0) is 81.5 Å². The maximum absolute atomic E-state index is 14.7. The van der Waals surface area contributed by atoms with Gasteiger partial charge in [-0.1, -0.05) is 62.3 Å². The maximum Gasteiger partial charge on any atom is 0.258 e. The van der Waals surface area contributed by atoms with Crippen molar-refractivity contribution in [2.75, 3.05) is 74.9 Å². The number of hydrogen-bond acceptors (Lipinski definition) is 15. The lowest BCUT2D eigenvalue weighted by Crippen LogP contribution is -2.58. The van der Waals surface area contributed by atoms with E-state index in [1.807, 2.05) is 45.9 Å². The standard InChI is InChI=1S/C51H66ClFN12O6S2/c1-31-42(72-30-58-31)32-11-12-33(28-56-45(68)35-9-7-17-65(35)47(69)43(49(2,3)4)61-48(70)51(53)13-14-51)36(26-32)71-25-24-62-20-22-64(23-21-62)40(67)27-39(66)59-34-8-6-10-37(41(34)52)73-46-44(54)60-38(29-57-46)63-18-15-50(5,55)16-19-63/h6,8,10-12,26,29-30,35,43H,7,9,13-25,27-28,55H2,1-5H3,(H2,54,60)(H,56,68)(H,59,66)(H,61,70)/t35-,43+/m0/s1. The molecule has 1 aliphatic carbocycles. The molecule has 22 heteroatoms. The summed E-state index contributed by atoms with van der Waals surface area (Å²) in [7, 11) is 0. The van der Waals surface area contributed by atoms with E-state index in [4.69, 9.17) is 27.8 Å². The largest absolute Gasteiger partial charge is 0.492 e. The predicted molar refractivity (Wildman–Crippen MR) is 281 cm³/mol. The number of anilines is 3. The van der Waals surface area contributed by atoms with E-state index in [9.17, 15) is 28.4 Å². The third-order valence-corrected chi connectivity index (χ3v) is 16.5. The zero-order chi connectivity index (χ0) is 52.2. The highest BCUT2D eigenvalue weighted by Crippen LogP contribution is 2.41. The SMILES string of the molecule is Cc1ncsc1-c1ccc(CNC(=O)[C@@H]2CCCN2C(=O)[C@@H](NC(=O)C2(F)CC2)C(C)(C)C)c(OCCN2CCN(C(=O)CC(=O)Nc3cccc(Sc4ncc(N5CCC(C)(N)CC5)nc4N)c3Cl)CC2)c1. The topological polar surface area (TPSA) is 234 Å². The van der Waals surface area contributed by atoms with Gasteiger partial charge >= 0.3 is 0 Å². The molecule has 0 radical (unpaired) electrons. The summed E-state index contributed by atoms with van der Waals surface area (Å²) in [6, 6.07) is 9.31. The average Bonchev–Trinajstić information content (AvgIpc) is 3.67. The molecule has 8 rings (SSSR count). The number of aryl methyl sites for hydroxylation is 1. The Kier molecular flexibility index (Phi) is 16.5. The van der Waals surface area contributed by atoms with Gasteiger partial charge in [-0.3, -0.25) is 28.9 Å². The Bertz CT molecular complexity index is 2700. The number of rotatable bonds is 17. The van der Waals surface area contributed by atoms with Crippen molar-refractivity contribution in [3.05, 3.63) is 64.4 Å². The Morgan fingerprint density at radius 2 is 1.75 bits per heavy atom. The predicted octanol–water partition coefficient (Wildman–Crippen LogP) is 5.80. The summed E-state index contributed by atoms with van der Waals surface area (Å²) in [5.41, 5.74) is 14.5. The summed E-state index contributed by atoms with van der Waals surface area (Å²) >= 11 is 9.53. The normalized spacial score (nSPS) is 19.0. The highest BCUT2D eigenvalue weighted by atomic mass is 35.5. The van der Waals surface area contributed by atoms with Crippen LogP contribution in [0.15, 0.2) is 58.0 Å². The van der Waals surface area contributed by atoms with Gasteiger partial charge in [0.05, 0.1) is 33.0 Å². The molecule has 4 fully saturated rings. The number of carbonyl (C=O) groups is 5. The second-order valence-electron chi connectivity index (χ2n) is 20.8. The molecule has 2 aromatic heterocycles. The lowest BCUT2D eigenvalue weighted by molar-refractivity contribution is -0.144. The van der Waals surface area contributed by atoms with Crippen molar-refractivity contribution in [1.29, 1.82) is 0 Å². The summed E-state index contributed by atoms with van der Waals surface area (Å²) in [5, 5.41) is 9.26. The van der Waals surface area contributed by atoms with Gasteiger partial charge in [-0.25, -0.2) is 19.3 Å². The van der Waals surface area contributed by atoms with Crippen LogP contribution in [-0.4, -0.2) is 141 Å². The van der Waals surface area contributed by atoms with Gasteiger partial charge in [0.1, 0.15) is 41.7 Å². The molecule has 0 unspecified atom stereocenters. The molecule has 5 heterocycles. The van der Waals surface area contributed by atoms with Crippen LogP contribution in [0.25, 0.3) is 10.4 Å². The summed E-state index contributed by atoms with van der Waals surface area (Å²) in [4.78, 5) is 89.7. The van der Waals surface area contributed by atoms with E-state index >= 15 is 0 Å². The maximum atomic E-state index is 14.7. The van der Waals surface area contributed by atoms with Gasteiger partial charge in [-0.15, -0.1) is 11.3 Å². The molecule has 4 aromatic rings. The van der Waals surface area contributed by atoms with Crippen LogP contribution >= 0.6 is 34.7 Å². The van der Waals surface area contributed by atoms with Crippen molar-refractivity contribution in [3.8, 4) is 16.2 Å². The number of aromatic nitrogens is 3. The van der Waals surface area contributed by atoms with Gasteiger partial charge in [0, 0.05) is 74.9 Å². The average molecular weight is 1060 g/mol. The van der Waals surface area contributed by atoms with E-state index in [1.54, 1.807) is 34.8 Å². The highest BCUT2D eigenvalue weighted by Gasteiger charge is 2.53. The number of nitrogens with two attached hydrogens (primary N) is 2. The monoisotopic (exact) mass is 1060 g/mol. The van der Waals surface area contributed by atoms with E-state index in [2.05, 4.69) is 47.6 Å². The van der Waals surface area contributed by atoms with Gasteiger partial charge in [0.25, 0.3) is 5.91 Å². The molecule has 4 aliphatic rings. The third-order valence-electron chi connectivity index (χ3n) is 14.0. The molecule has 18 nitrogen and oxygen atoms in total. The first-order valence-corrected chi connectivity index (χ1v) is 26.9. The number of piperazine rings is 1. The second kappa shape index (κ2) is 22.5. The van der Waals surface area contributed by atoms with Gasteiger partial charge in [0.2, 0.25) is 23.6 Å². The van der Waals surface area contributed by atoms with E-state index < -0.39 is 40.9 Å². The number of thiazole rings is 1. The second-order valence-corrected chi connectivity index (χ2v) is 23.1. The Labute approximate surface area is 438 Å². The van der Waals surface area contributed by atoms with E-state index in [1.165, 1.54) is 28.0 Å². The molecule has 0 spiro atoms. The van der Waals surface area contributed by atoms with Crippen LogP contribution in [-0.2, 0) is 30.5 Å². The van der Waals surface area contributed by atoms with Gasteiger partial charge in [-0.2, -0.15) is 0 Å². The zero-order valence-corrected chi connectivity index (χ0v) is 44.5. The number of nitrogen functional groups attached to an aromatic ring is 1. The molecule has 3 saturated heterocycles. The molecule has 2 atom stereocenters. The number of piperidine rings is 1. The third kappa shape index (κ3) is 13.2. The van der Waals surface area contributed by atoms with Crippen molar-refractivity contribution < 1.29 is 33.1 Å². The molecular formula is C51H66ClFN12O6S2. The van der Waals surface area contributed by atoms with Crippen LogP contribution in [0.5, 0.6) is 5.75 Å². The number of nitrogens with one attached hydrogen (secondary N) is 3. The number of alkyl halides is 1. The number of amides is 5. The Balaban J connectivity index is 0.815. The van der Waals surface area contributed by atoms with Crippen LogP contribution in [0.1, 0.15) is 83.9 Å². The minimum atomic E-state index is -1.94. The molecule has 392 valence electrons. The van der Waals surface area contributed by atoms with Gasteiger partial charge < -0.3 is 46.9 Å². The number of ether oxygens (including phenoxy) is 1. The summed E-state index contributed by atoms with van der Waals surface area (Å²) in [6.07, 6.45) is 4.35. The van der Waals surface area contributed by atoms with E-state index in [0.29, 0.717) is 90.9 Å². The summed E-state index contributed by atoms with van der Waals surface area (Å²) in [5.74, 6) is -0.744. The molecule has 7 N–H and O–H groups in total. The minimum Gasteiger partial charge on any atom is -0.492 e. The van der Waals surface area contributed by atoms with Crippen molar-refractivity contribution in [1.82, 2.24) is 40.3 Å². The van der Waals surface area contributed by atoms with E-state index in [-0.39, 0.29) is 49.0 Å². The van der Waals surface area contributed by atoms with Crippen LogP contribution in [0.3, 0.4) is 0 Å². The first kappa shape index (κ1) is 53.7. The van der Waals surface area contributed by atoms with Crippen LogP contribution < -0.4 is 37.1 Å². The van der Waals surface area contributed by atoms with Crippen molar-refractivity contribution in [2.45, 2.75) is 119 Å². The Morgan fingerprint density at radius 1 is 1.01 bits per heavy atom. The number of carbonyl (C=O) groups excluding carboxylic acids is 5. The molecule has 1 saturated carbocycles. The number of hydrogen-bond donors (Lipinski definition) is 5. The highest BCUT2D eigenvalue weighted by molar-refractivity contribution is 7.99. The zero-order valence-electron chi connectivity index (χ0n) is 42.1. The lowest BCUT2D eigenvalue weighted by Gasteiger charge is -2.37. The van der Waals surface area contributed by atoms with Gasteiger partial charge in [0.15, 0.2) is 11.5 Å². The van der Waals surface area contributed by atoms with Crippen LogP contribution in [0, 0.1) is 12.3 Å². The van der Waals surface area contributed by atoms with E-state index in [0.717, 1.165) is 47.6 Å². The number of nitrogens with zero attached hydrogens (tertiary/aromatic N) is 7. The molecule has 0 bridgehead atoms. The number of halogens is 2. The fourth-order valence-corrected chi connectivity index (χ4v) is 11.1. The van der Waals surface area contributed by atoms with Crippen LogP contribution in [0.4, 0.5) is 21.7 Å². The number of benzene rings is 2. The molecule has 3 aliphatic heterocycles.